The van der Waals surface area contributed by atoms with Crippen LogP contribution >= 0.6 is 0 Å². The second kappa shape index (κ2) is 7.19. The van der Waals surface area contributed by atoms with Gasteiger partial charge in [0, 0.05) is 24.8 Å². The van der Waals surface area contributed by atoms with Crippen LogP contribution in [-0.4, -0.2) is 36.8 Å². The Morgan fingerprint density at radius 3 is 2.76 bits per heavy atom. The molecule has 2 amide bonds. The number of furan rings is 1. The minimum atomic E-state index is -1.24. The van der Waals surface area contributed by atoms with Crippen LogP contribution in [0.1, 0.15) is 24.9 Å². The summed E-state index contributed by atoms with van der Waals surface area (Å²) in [7, 11) is 0. The van der Waals surface area contributed by atoms with Gasteiger partial charge in [0.15, 0.2) is 0 Å². The Bertz CT molecular complexity index is 712. The Balaban J connectivity index is 1.47. The van der Waals surface area contributed by atoms with Gasteiger partial charge in [-0.25, -0.2) is 4.79 Å². The molecule has 0 radical (unpaired) electrons. The molecule has 3 N–H and O–H groups in total. The number of hydrogen-bond donors (Lipinski definition) is 3. The molecule has 6 nitrogen and oxygen atoms in total. The summed E-state index contributed by atoms with van der Waals surface area (Å²) in [5, 5.41) is 16.2. The van der Waals surface area contributed by atoms with Gasteiger partial charge in [-0.15, -0.1) is 0 Å². The first-order valence-electron chi connectivity index (χ1n) is 8.58. The molecule has 0 spiro atoms. The van der Waals surface area contributed by atoms with Crippen LogP contribution in [0.15, 0.2) is 46.9 Å². The zero-order valence-electron chi connectivity index (χ0n) is 14.7. The number of hydrogen-bond acceptors (Lipinski definition) is 4. The van der Waals surface area contributed by atoms with Crippen LogP contribution in [0.4, 0.5) is 10.5 Å². The summed E-state index contributed by atoms with van der Waals surface area (Å²) in [6.45, 7) is 5.22. The predicted molar refractivity (Wildman–Crippen MR) is 96.6 cm³/mol. The molecule has 1 aliphatic rings. The van der Waals surface area contributed by atoms with Crippen molar-refractivity contribution < 1.29 is 14.3 Å². The van der Waals surface area contributed by atoms with Crippen molar-refractivity contribution in [3.05, 3.63) is 54.0 Å². The first-order valence-corrected chi connectivity index (χ1v) is 8.58. The van der Waals surface area contributed by atoms with Crippen molar-refractivity contribution in [1.82, 2.24) is 10.6 Å². The molecule has 0 aliphatic carbocycles. The van der Waals surface area contributed by atoms with Gasteiger partial charge in [-0.05, 0) is 44.5 Å². The largest absolute Gasteiger partial charge is 0.463 e. The predicted octanol–water partition coefficient (Wildman–Crippen LogP) is 2.37. The number of nitrogens with one attached hydrogen (secondary N) is 2. The third-order valence-electron chi connectivity index (χ3n) is 4.51. The first-order chi connectivity index (χ1) is 11.9. The van der Waals surface area contributed by atoms with E-state index in [-0.39, 0.29) is 18.6 Å². The average molecular weight is 343 g/mol. The normalized spacial score (nSPS) is 19.5. The second-order valence-corrected chi connectivity index (χ2v) is 6.78. The van der Waals surface area contributed by atoms with E-state index in [1.54, 1.807) is 19.1 Å². The molecular formula is C19H25N3O3. The summed E-state index contributed by atoms with van der Waals surface area (Å²) in [6.07, 6.45) is 0.899. The lowest BCUT2D eigenvalue weighted by molar-refractivity contribution is 0.0359. The summed E-state index contributed by atoms with van der Waals surface area (Å²) in [4.78, 5) is 14.4. The maximum Gasteiger partial charge on any atom is 0.315 e. The van der Waals surface area contributed by atoms with Gasteiger partial charge in [0.1, 0.15) is 17.1 Å². The van der Waals surface area contributed by atoms with E-state index < -0.39 is 5.60 Å². The van der Waals surface area contributed by atoms with E-state index in [2.05, 4.69) is 27.7 Å². The number of rotatable bonds is 5. The Morgan fingerprint density at radius 2 is 2.08 bits per heavy atom. The molecule has 1 aromatic heterocycles. The fraction of sp³-hybridized carbons (Fsp3) is 0.421. The number of carbonyl (C=O) groups is 1. The number of para-hydroxylation sites is 1. The molecule has 1 fully saturated rings. The molecule has 1 aromatic carbocycles. The Morgan fingerprint density at radius 1 is 1.32 bits per heavy atom. The van der Waals surface area contributed by atoms with Gasteiger partial charge < -0.3 is 25.1 Å². The topological polar surface area (TPSA) is 77.7 Å². The Hall–Kier alpha value is -2.47. The fourth-order valence-electron chi connectivity index (χ4n) is 3.05. The molecule has 2 atom stereocenters. The smallest absolute Gasteiger partial charge is 0.315 e. The number of carbonyl (C=O) groups excluding carboxylic acids is 1. The maximum atomic E-state index is 12.1. The minimum absolute atomic E-state index is 0.0842. The third-order valence-corrected chi connectivity index (χ3v) is 4.51. The highest BCUT2D eigenvalue weighted by molar-refractivity contribution is 5.74. The van der Waals surface area contributed by atoms with E-state index in [4.69, 9.17) is 4.42 Å². The van der Waals surface area contributed by atoms with Crippen molar-refractivity contribution >= 4 is 11.7 Å². The number of aliphatic hydroxyl groups is 1. The van der Waals surface area contributed by atoms with E-state index in [9.17, 15) is 9.90 Å². The first kappa shape index (κ1) is 17.4. The molecule has 3 rings (SSSR count). The number of aryl methyl sites for hydroxylation is 1. The van der Waals surface area contributed by atoms with Gasteiger partial charge >= 0.3 is 6.03 Å². The van der Waals surface area contributed by atoms with Gasteiger partial charge in [-0.1, -0.05) is 18.2 Å². The van der Waals surface area contributed by atoms with E-state index in [1.165, 1.54) is 5.69 Å². The maximum absolute atomic E-state index is 12.1. The zero-order chi connectivity index (χ0) is 17.9. The van der Waals surface area contributed by atoms with Crippen molar-refractivity contribution in [2.24, 2.45) is 0 Å². The van der Waals surface area contributed by atoms with Crippen molar-refractivity contribution in [3.63, 3.8) is 0 Å². The number of amides is 2. The summed E-state index contributed by atoms with van der Waals surface area (Å²) < 4.78 is 5.45. The molecule has 2 unspecified atom stereocenters. The van der Waals surface area contributed by atoms with Gasteiger partial charge in [0.25, 0.3) is 0 Å². The minimum Gasteiger partial charge on any atom is -0.463 e. The van der Waals surface area contributed by atoms with Crippen LogP contribution in [0.3, 0.4) is 0 Å². The van der Waals surface area contributed by atoms with Gasteiger partial charge in [-0.2, -0.15) is 0 Å². The second-order valence-electron chi connectivity index (χ2n) is 6.78. The third kappa shape index (κ3) is 4.33. The lowest BCUT2D eigenvalue weighted by Gasteiger charge is -2.22. The van der Waals surface area contributed by atoms with E-state index in [0.717, 1.165) is 25.3 Å². The van der Waals surface area contributed by atoms with Crippen LogP contribution < -0.4 is 15.5 Å². The van der Waals surface area contributed by atoms with Crippen LogP contribution in [0.5, 0.6) is 0 Å². The van der Waals surface area contributed by atoms with Crippen LogP contribution in [0.25, 0.3) is 0 Å². The monoisotopic (exact) mass is 343 g/mol. The Kier molecular flexibility index (Phi) is 4.99. The van der Waals surface area contributed by atoms with E-state index >= 15 is 0 Å². The molecule has 134 valence electrons. The average Bonchev–Trinajstić information content (AvgIpc) is 3.23. The number of nitrogens with zero attached hydrogens (tertiary/aromatic N) is 1. The number of anilines is 1. The summed E-state index contributed by atoms with van der Waals surface area (Å²) in [6, 6.07) is 13.5. The Labute approximate surface area is 147 Å². The van der Waals surface area contributed by atoms with Crippen LogP contribution in [0, 0.1) is 6.92 Å². The van der Waals surface area contributed by atoms with Gasteiger partial charge in [0.2, 0.25) is 0 Å². The van der Waals surface area contributed by atoms with Gasteiger partial charge in [-0.3, -0.25) is 0 Å². The van der Waals surface area contributed by atoms with Crippen molar-refractivity contribution in [1.29, 1.82) is 0 Å². The molecule has 0 bridgehead atoms. The molecule has 1 aliphatic heterocycles. The summed E-state index contributed by atoms with van der Waals surface area (Å²) >= 11 is 0. The lowest BCUT2D eigenvalue weighted by atomic mass is 10.0. The molecular weight excluding hydrogens is 318 g/mol. The van der Waals surface area contributed by atoms with Gasteiger partial charge in [0.05, 0.1) is 6.54 Å². The van der Waals surface area contributed by atoms with Crippen LogP contribution in [-0.2, 0) is 5.60 Å². The molecule has 6 heteroatoms. The number of benzene rings is 1. The molecule has 0 saturated carbocycles. The van der Waals surface area contributed by atoms with E-state index in [1.807, 2.05) is 25.1 Å². The summed E-state index contributed by atoms with van der Waals surface area (Å²) in [5.41, 5.74) is -0.0690. The quantitative estimate of drug-likeness (QED) is 0.779. The molecule has 25 heavy (non-hydrogen) atoms. The summed E-state index contributed by atoms with van der Waals surface area (Å²) in [5.74, 6) is 1.17. The molecule has 1 saturated heterocycles. The highest BCUT2D eigenvalue weighted by Gasteiger charge is 2.29. The molecule has 2 heterocycles. The van der Waals surface area contributed by atoms with E-state index in [0.29, 0.717) is 5.76 Å². The fourth-order valence-corrected chi connectivity index (χ4v) is 3.05. The van der Waals surface area contributed by atoms with Crippen molar-refractivity contribution in [2.75, 3.05) is 24.5 Å². The standard InChI is InChI=1S/C19H25N3O3/c1-14-8-9-17(25-14)19(2,24)13-20-18(23)21-15-10-11-22(12-15)16-6-4-3-5-7-16/h3-9,15,24H,10-13H2,1-2H3,(H2,20,21,23). The zero-order valence-corrected chi connectivity index (χ0v) is 14.7. The van der Waals surface area contributed by atoms with Crippen molar-refractivity contribution in [2.45, 2.75) is 31.9 Å². The van der Waals surface area contributed by atoms with Crippen LogP contribution in [0.2, 0.25) is 0 Å². The highest BCUT2D eigenvalue weighted by atomic mass is 16.4. The SMILES string of the molecule is Cc1ccc(C(C)(O)CNC(=O)NC2CCN(c3ccccc3)C2)o1. The lowest BCUT2D eigenvalue weighted by Crippen LogP contribution is -2.47. The highest BCUT2D eigenvalue weighted by Crippen LogP contribution is 2.22. The number of urea groups is 1. The molecule has 2 aromatic rings. The van der Waals surface area contributed by atoms with Crippen molar-refractivity contribution in [3.8, 4) is 0 Å².